The van der Waals surface area contributed by atoms with Gasteiger partial charge in [-0.25, -0.2) is 0 Å². The average molecular weight is 2220 g/mol. The largest absolute Gasteiger partial charge is 1.00 e. The van der Waals surface area contributed by atoms with Crippen LogP contribution in [0.4, 0.5) is 0 Å². The molecule has 12 aliphatic carbocycles. The molecule has 12 rings (SSSR count). The van der Waals surface area contributed by atoms with E-state index in [4.69, 9.17) is 63.9 Å². The van der Waals surface area contributed by atoms with Crippen molar-refractivity contribution in [1.29, 1.82) is 21.6 Å². The molecule has 44 nitrogen and oxygen atoms in total. The van der Waals surface area contributed by atoms with Crippen LogP contribution < -0.4 is 68.4 Å². The first-order valence-electron chi connectivity index (χ1n) is 51.6. The number of rotatable bonds is 31. The van der Waals surface area contributed by atoms with E-state index in [1.54, 1.807) is 27.9 Å². The molecule has 148 heavy (non-hydrogen) atoms. The van der Waals surface area contributed by atoms with Crippen LogP contribution >= 0.6 is 24.8 Å². The molecule has 0 aliphatic heterocycles. The molecule has 0 spiro atoms. The molecule has 33 atom stereocenters. The Morgan fingerprint density at radius 1 is 0.405 bits per heavy atom. The monoisotopic (exact) mass is 2220 g/mol. The number of halogens is 2. The number of aliphatic hydroxyl groups excluding tert-OH is 9. The van der Waals surface area contributed by atoms with Gasteiger partial charge in [-0.05, 0) is 307 Å². The Balaban J connectivity index is 0.000000625. The number of amides is 3. The molecule has 0 bridgehead atoms. The summed E-state index contributed by atoms with van der Waals surface area (Å²) in [5, 5.41) is 151. The van der Waals surface area contributed by atoms with Gasteiger partial charge in [-0.1, -0.05) is 78.8 Å². The number of carboxylic acids is 2. The van der Waals surface area contributed by atoms with Gasteiger partial charge in [0.1, 0.15) is 26.2 Å². The van der Waals surface area contributed by atoms with Gasteiger partial charge < -0.3 is 138 Å². The minimum Gasteiger partial charge on any atom is -0.870 e. The van der Waals surface area contributed by atoms with Crippen molar-refractivity contribution in [3.8, 4) is 0 Å². The Morgan fingerprint density at radius 2 is 0.649 bits per heavy atom. The number of hydrogen-bond acceptors (Lipinski definition) is 30. The first-order chi connectivity index (χ1) is 66.7. The number of nitrogens with zero attached hydrogens (tertiary/aromatic N) is 4. The molecule has 12 aliphatic rings. The first-order valence-corrected chi connectivity index (χ1v) is 56.1. The van der Waals surface area contributed by atoms with Gasteiger partial charge in [-0.2, -0.15) is 16.8 Å². The molecule has 12 fully saturated rings. The molecule has 0 saturated heterocycles. The second-order valence-corrected chi connectivity index (χ2v) is 49.3. The number of nitrogens with one attached hydrogen (secondary N) is 7. The second kappa shape index (κ2) is 60.0. The summed E-state index contributed by atoms with van der Waals surface area (Å²) in [4.78, 5) is 82.8. The maximum Gasteiger partial charge on any atom is 1.00 e. The molecule has 856 valence electrons. The smallest absolute Gasteiger partial charge is 0.870 e. The summed E-state index contributed by atoms with van der Waals surface area (Å²) < 4.78 is 91.6. The molecule has 0 aromatic rings. The summed E-state index contributed by atoms with van der Waals surface area (Å²) in [7, 11) is -4.35. The van der Waals surface area contributed by atoms with Gasteiger partial charge >= 0.3 is 53.4 Å². The van der Waals surface area contributed by atoms with E-state index in [2.05, 4.69) is 87.7 Å². The SMILES string of the molecule is CCOC(=O)CN(C)C(=N)N.CCOC(=O)CN(C)C(=N)N.CN(CC(=O)O)C(=N)N.CN(CC(=O)O)C(=N)N.C[C@H](CCC(=O)NCCS(=O)(=O)O)[C@H]1CC[C@H]2[C@@H]3[C@H](O)C[C@@H]4C[C@H](O)CC[C@]4(C)[C@H]3C[C@H](O)[C@]12C.C[C@H](CCC(=O)NCCS(=O)(=O)O)[C@H]1CC[C@H]2[C@@H]3[C@H](O)C[C@@H]4C[C@H](O)CC[C@]4(C)[C@H]3C[C@H](O)[C@]12C.C[C@H](CCC(=O)NCC[S-](=O)=O)[C@H]1CC[C@H]2[C@@H]3[C@H](O)C[C@@H]4C[C@H](O)CC[C@]4(C)[C@H]3C[C@H](O)[C@]12C.Cl.Cl.[Na+].[OH-]. The predicted molar refractivity (Wildman–Crippen MR) is 556 cm³/mol. The van der Waals surface area contributed by atoms with Crippen LogP contribution in [-0.4, -0.2) is 332 Å². The van der Waals surface area contributed by atoms with Crippen LogP contribution in [-0.2, 0) is 82.4 Å². The number of fused-ring (bicyclic) bond motifs is 15. The fourth-order valence-electron chi connectivity index (χ4n) is 28.8. The predicted octanol–water partition coefficient (Wildman–Crippen LogP) is 1.74. The summed E-state index contributed by atoms with van der Waals surface area (Å²) in [5.74, 6) is -0.647. The second-order valence-electron chi connectivity index (χ2n) is 45.1. The number of carboxylic acid groups (broad SMARTS) is 2. The van der Waals surface area contributed by atoms with Crippen molar-refractivity contribution in [3.05, 3.63) is 0 Å². The molecule has 12 saturated carbocycles. The summed E-state index contributed by atoms with van der Waals surface area (Å²) in [6, 6.07) is 0. The third kappa shape index (κ3) is 36.2. The van der Waals surface area contributed by atoms with Crippen molar-refractivity contribution in [2.24, 2.45) is 162 Å². The number of hydrogen-bond donors (Lipinski definition) is 24. The third-order valence-corrected chi connectivity index (χ3v) is 38.7. The van der Waals surface area contributed by atoms with Crippen molar-refractivity contribution in [2.45, 2.75) is 304 Å². The van der Waals surface area contributed by atoms with Gasteiger partial charge in [0, 0.05) is 67.1 Å². The minimum absolute atomic E-state index is 0. The zero-order valence-electron chi connectivity index (χ0n) is 89.7. The zero-order valence-corrected chi connectivity index (χ0v) is 95.8. The van der Waals surface area contributed by atoms with E-state index in [9.17, 15) is 105 Å². The van der Waals surface area contributed by atoms with Crippen LogP contribution in [0, 0.1) is 161 Å². The number of aliphatic hydroxyl groups is 9. The zero-order chi connectivity index (χ0) is 109. The van der Waals surface area contributed by atoms with Crippen molar-refractivity contribution in [1.82, 2.24) is 35.6 Å². The molecule has 50 heteroatoms. The molecule has 0 aromatic carbocycles. The maximum absolute atomic E-state index is 12.2. The van der Waals surface area contributed by atoms with E-state index in [1.807, 2.05) is 0 Å². The van der Waals surface area contributed by atoms with Crippen molar-refractivity contribution < 1.29 is 169 Å². The Morgan fingerprint density at radius 3 is 0.865 bits per heavy atom. The standard InChI is InChI=1S/2C26H45NO7S.C26H44NO6S.2C6H13N3O2.2C4H9N3O2.2ClH.Na.H2O/c2*1-15(4-7-23(31)27-10-11-35(32,33)34)18-5-6-19-24-20(14-22(30)26(18,19)3)25(2)9-8-17(28)12-16(25)13-21(24)29;1-15(4-7-23(31)27-10-11-34(32)33)18-5-6-19-24-20(14-22(30)26(18,19)3)25(2)9-8-17(28)12-16(25)13-21(24)29;2*1-3-11-5(10)4-9(2)6(7)8;2*1-7(4(5)6)2-3(8)9;;;;/h2*15-22,24,28-30H,4-14H2,1-3H3,(H,27,31)(H,32,33,34);15-22,24,28-30H,4-14H2,1-3H3,(H,27,31);2*3-4H2,1-2H3,(H3,7,8);2*2H2,1H3,(H3,5,6)(H,8,9);2*1H;;1H2/q;;-1;;;;;;;+1;/p-1/t3*15-,16+,17-,18-,19+,20+,21-,22+,24+,25+,26-;;;;;;;;/m111......../s1. The van der Waals surface area contributed by atoms with Crippen LogP contribution in [0.15, 0.2) is 0 Å². The summed E-state index contributed by atoms with van der Waals surface area (Å²) in [6.07, 6.45) is 17.4. The molecule has 0 radical (unpaired) electrons. The van der Waals surface area contributed by atoms with Gasteiger partial charge in [-0.15, -0.1) is 24.8 Å². The molecular formula is C98H181Cl2N15NaO29S3-. The van der Waals surface area contributed by atoms with Gasteiger partial charge in [0.2, 0.25) is 17.7 Å². The Labute approximate surface area is 911 Å². The molecule has 29 N–H and O–H groups in total. The van der Waals surface area contributed by atoms with E-state index < -0.39 is 84.9 Å². The number of likely N-dealkylation sites (N-methyl/N-ethyl adjacent to an activating group) is 4. The van der Waals surface area contributed by atoms with Crippen molar-refractivity contribution in [2.75, 3.05) is 104 Å². The number of carbonyl (C=O) groups is 7. The van der Waals surface area contributed by atoms with Gasteiger partial charge in [0.05, 0.1) is 79.7 Å². The summed E-state index contributed by atoms with van der Waals surface area (Å²) in [5.41, 5.74) is 19.3. The van der Waals surface area contributed by atoms with Crippen molar-refractivity contribution >= 4 is 121 Å². The molecular weight excluding hydrogens is 2040 g/mol. The van der Waals surface area contributed by atoms with Gasteiger partial charge in [0.15, 0.2) is 23.8 Å². The summed E-state index contributed by atoms with van der Waals surface area (Å²) >= 11 is 0. The number of esters is 2. The Bertz CT molecular complexity index is 4420. The van der Waals surface area contributed by atoms with Gasteiger partial charge in [-0.3, -0.25) is 64.3 Å². The van der Waals surface area contributed by atoms with Crippen LogP contribution in [0.1, 0.15) is 250 Å². The Hall–Kier alpha value is -5.68. The molecule has 3 amide bonds. The molecule has 0 unspecified atom stereocenters. The molecule has 0 aromatic heterocycles. The fourth-order valence-corrected chi connectivity index (χ4v) is 29.8. The minimum atomic E-state index is -4.10. The quantitative estimate of drug-likeness (QED) is 0.0117. The van der Waals surface area contributed by atoms with Crippen LogP contribution in [0.3, 0.4) is 0 Å². The van der Waals surface area contributed by atoms with E-state index in [-0.39, 0.29) is 318 Å². The maximum atomic E-state index is 12.2. The van der Waals surface area contributed by atoms with E-state index in [1.165, 1.54) is 23.9 Å². The van der Waals surface area contributed by atoms with E-state index in [0.29, 0.717) is 81.8 Å². The number of guanidine groups is 4. The van der Waals surface area contributed by atoms with Crippen molar-refractivity contribution in [3.63, 3.8) is 0 Å². The van der Waals surface area contributed by atoms with E-state index >= 15 is 0 Å². The van der Waals surface area contributed by atoms with Crippen LogP contribution in [0.2, 0.25) is 0 Å². The number of ether oxygens (including phenoxy) is 2. The van der Waals surface area contributed by atoms with Gasteiger partial charge in [0.25, 0.3) is 20.2 Å². The number of carbonyl (C=O) groups excluding carboxylic acids is 5. The fraction of sp³-hybridized carbons (Fsp3) is 0.888. The van der Waals surface area contributed by atoms with Crippen LogP contribution in [0.5, 0.6) is 0 Å². The Kier molecular flexibility index (Phi) is 56.1. The average Bonchev–Trinajstić information content (AvgIpc) is 1.53. The van der Waals surface area contributed by atoms with Crippen LogP contribution in [0.25, 0.3) is 0 Å². The first kappa shape index (κ1) is 138. The normalized spacial score (nSPS) is 35.0. The van der Waals surface area contributed by atoms with E-state index in [0.717, 1.165) is 125 Å². The molecule has 0 heterocycles. The number of aliphatic carboxylic acids is 2. The topological polar surface area (TPSA) is 782 Å². The number of nitrogens with two attached hydrogens (primary N) is 4. The summed E-state index contributed by atoms with van der Waals surface area (Å²) in [6.45, 7) is 23.8. The third-order valence-electron chi connectivity index (χ3n) is 36.7.